The van der Waals surface area contributed by atoms with Crippen molar-refractivity contribution in [2.45, 2.75) is 58.5 Å². The number of hydrogen-bond donors (Lipinski definition) is 1. The van der Waals surface area contributed by atoms with Gasteiger partial charge in [0.25, 0.3) is 0 Å². The first-order valence-electron chi connectivity index (χ1n) is 6.58. The van der Waals surface area contributed by atoms with Crippen LogP contribution in [0.5, 0.6) is 0 Å². The van der Waals surface area contributed by atoms with Crippen molar-refractivity contribution < 1.29 is 0 Å². The van der Waals surface area contributed by atoms with Crippen molar-refractivity contribution in [2.24, 2.45) is 5.92 Å². The van der Waals surface area contributed by atoms with Crippen molar-refractivity contribution in [3.63, 3.8) is 0 Å². The number of nitrogens with zero attached hydrogens (tertiary/aromatic N) is 1. The van der Waals surface area contributed by atoms with Gasteiger partial charge in [-0.3, -0.25) is 4.90 Å². The standard InChI is InChI=1S/C13H28N2/c1-5-12(14-4)10-15(13-6-7-13)9-8-11(2)3/h11-14H,5-10H2,1-4H3. The monoisotopic (exact) mass is 212 g/mol. The third-order valence-electron chi connectivity index (χ3n) is 3.41. The van der Waals surface area contributed by atoms with Gasteiger partial charge in [-0.2, -0.15) is 0 Å². The van der Waals surface area contributed by atoms with Gasteiger partial charge in [-0.25, -0.2) is 0 Å². The SMILES string of the molecule is CCC(CN(CCC(C)C)C1CC1)NC. The van der Waals surface area contributed by atoms with E-state index in [9.17, 15) is 0 Å². The fourth-order valence-corrected chi connectivity index (χ4v) is 1.99. The molecule has 0 radical (unpaired) electrons. The lowest BCUT2D eigenvalue weighted by Gasteiger charge is -2.27. The smallest absolute Gasteiger partial charge is 0.0189 e. The van der Waals surface area contributed by atoms with Gasteiger partial charge in [0.15, 0.2) is 0 Å². The molecular formula is C13H28N2. The highest BCUT2D eigenvalue weighted by Gasteiger charge is 2.29. The van der Waals surface area contributed by atoms with E-state index in [2.05, 4.69) is 38.0 Å². The summed E-state index contributed by atoms with van der Waals surface area (Å²) in [7, 11) is 2.09. The highest BCUT2D eigenvalue weighted by molar-refractivity contribution is 4.86. The van der Waals surface area contributed by atoms with Crippen molar-refractivity contribution in [1.82, 2.24) is 10.2 Å². The quantitative estimate of drug-likeness (QED) is 0.665. The molecule has 0 heterocycles. The van der Waals surface area contributed by atoms with Crippen LogP contribution in [0.2, 0.25) is 0 Å². The Labute approximate surface area is 95.4 Å². The summed E-state index contributed by atoms with van der Waals surface area (Å²) in [5.41, 5.74) is 0. The van der Waals surface area contributed by atoms with Crippen molar-refractivity contribution in [2.75, 3.05) is 20.1 Å². The Balaban J connectivity index is 2.29. The largest absolute Gasteiger partial charge is 0.316 e. The zero-order valence-electron chi connectivity index (χ0n) is 10.9. The molecule has 0 aromatic carbocycles. The zero-order chi connectivity index (χ0) is 11.3. The molecule has 1 rings (SSSR count). The van der Waals surface area contributed by atoms with E-state index in [1.807, 2.05) is 0 Å². The summed E-state index contributed by atoms with van der Waals surface area (Å²) in [6.45, 7) is 9.44. The molecular weight excluding hydrogens is 184 g/mol. The van der Waals surface area contributed by atoms with Gasteiger partial charge in [-0.05, 0) is 45.2 Å². The van der Waals surface area contributed by atoms with Crippen molar-refractivity contribution in [3.8, 4) is 0 Å². The molecule has 0 saturated heterocycles. The average Bonchev–Trinajstić information content (AvgIpc) is 3.02. The summed E-state index contributed by atoms with van der Waals surface area (Å²) in [5, 5.41) is 3.41. The van der Waals surface area contributed by atoms with Crippen LogP contribution in [0.4, 0.5) is 0 Å². The molecule has 1 unspecified atom stereocenters. The van der Waals surface area contributed by atoms with Crippen LogP contribution in [0.1, 0.15) is 46.5 Å². The van der Waals surface area contributed by atoms with E-state index in [-0.39, 0.29) is 0 Å². The van der Waals surface area contributed by atoms with E-state index in [1.165, 1.54) is 38.8 Å². The number of nitrogens with one attached hydrogen (secondary N) is 1. The summed E-state index contributed by atoms with van der Waals surface area (Å²) in [5.74, 6) is 0.834. The predicted molar refractivity (Wildman–Crippen MR) is 67.2 cm³/mol. The second kappa shape index (κ2) is 6.49. The van der Waals surface area contributed by atoms with Crippen molar-refractivity contribution in [3.05, 3.63) is 0 Å². The minimum atomic E-state index is 0.678. The normalized spacial score (nSPS) is 18.8. The van der Waals surface area contributed by atoms with Gasteiger partial charge >= 0.3 is 0 Å². The summed E-state index contributed by atoms with van der Waals surface area (Å²) in [4.78, 5) is 2.70. The van der Waals surface area contributed by atoms with Crippen LogP contribution < -0.4 is 5.32 Å². The van der Waals surface area contributed by atoms with Gasteiger partial charge in [-0.1, -0.05) is 20.8 Å². The molecule has 1 saturated carbocycles. The number of likely N-dealkylation sites (N-methyl/N-ethyl adjacent to an activating group) is 1. The summed E-state index contributed by atoms with van der Waals surface area (Å²) >= 11 is 0. The molecule has 1 aliphatic carbocycles. The maximum atomic E-state index is 3.41. The van der Waals surface area contributed by atoms with E-state index in [0.717, 1.165) is 12.0 Å². The Hall–Kier alpha value is -0.0800. The molecule has 2 heteroatoms. The average molecular weight is 212 g/mol. The maximum Gasteiger partial charge on any atom is 0.0189 e. The first-order valence-corrected chi connectivity index (χ1v) is 6.58. The molecule has 1 aliphatic rings. The summed E-state index contributed by atoms with van der Waals surface area (Å²) in [6, 6.07) is 1.59. The highest BCUT2D eigenvalue weighted by atomic mass is 15.2. The molecule has 0 aromatic heterocycles. The lowest BCUT2D eigenvalue weighted by Crippen LogP contribution is -2.41. The Kier molecular flexibility index (Phi) is 5.62. The Bertz CT molecular complexity index is 160. The van der Waals surface area contributed by atoms with Crippen LogP contribution in [0.15, 0.2) is 0 Å². The molecule has 1 fully saturated rings. The lowest BCUT2D eigenvalue weighted by atomic mass is 10.1. The zero-order valence-corrected chi connectivity index (χ0v) is 10.9. The van der Waals surface area contributed by atoms with Crippen LogP contribution in [0, 0.1) is 5.92 Å². The molecule has 90 valence electrons. The highest BCUT2D eigenvalue weighted by Crippen LogP contribution is 2.27. The topological polar surface area (TPSA) is 15.3 Å². The molecule has 0 spiro atoms. The Morgan fingerprint density at radius 3 is 2.40 bits per heavy atom. The van der Waals surface area contributed by atoms with Crippen LogP contribution in [0.25, 0.3) is 0 Å². The maximum absolute atomic E-state index is 3.41. The molecule has 15 heavy (non-hydrogen) atoms. The van der Waals surface area contributed by atoms with Crippen molar-refractivity contribution >= 4 is 0 Å². The first-order chi connectivity index (χ1) is 7.17. The molecule has 1 atom stereocenters. The summed E-state index contributed by atoms with van der Waals surface area (Å²) < 4.78 is 0. The summed E-state index contributed by atoms with van der Waals surface area (Å²) in [6.07, 6.45) is 5.44. The minimum Gasteiger partial charge on any atom is -0.316 e. The van der Waals surface area contributed by atoms with E-state index in [0.29, 0.717) is 6.04 Å². The molecule has 2 nitrogen and oxygen atoms in total. The second-order valence-corrected chi connectivity index (χ2v) is 5.30. The lowest BCUT2D eigenvalue weighted by molar-refractivity contribution is 0.221. The Morgan fingerprint density at radius 1 is 1.33 bits per heavy atom. The van der Waals surface area contributed by atoms with Gasteiger partial charge in [0, 0.05) is 18.6 Å². The van der Waals surface area contributed by atoms with Crippen molar-refractivity contribution in [1.29, 1.82) is 0 Å². The number of hydrogen-bond acceptors (Lipinski definition) is 2. The third-order valence-corrected chi connectivity index (χ3v) is 3.41. The first kappa shape index (κ1) is 13.0. The van der Waals surface area contributed by atoms with E-state index in [4.69, 9.17) is 0 Å². The van der Waals surface area contributed by atoms with E-state index in [1.54, 1.807) is 0 Å². The van der Waals surface area contributed by atoms with Crippen LogP contribution in [0.3, 0.4) is 0 Å². The fourth-order valence-electron chi connectivity index (χ4n) is 1.99. The van der Waals surface area contributed by atoms with Gasteiger partial charge in [0.1, 0.15) is 0 Å². The second-order valence-electron chi connectivity index (χ2n) is 5.30. The van der Waals surface area contributed by atoms with E-state index < -0.39 is 0 Å². The third kappa shape index (κ3) is 4.98. The van der Waals surface area contributed by atoms with Crippen LogP contribution in [-0.2, 0) is 0 Å². The molecule has 0 bridgehead atoms. The molecule has 0 amide bonds. The van der Waals surface area contributed by atoms with Gasteiger partial charge in [0.05, 0.1) is 0 Å². The van der Waals surface area contributed by atoms with Crippen LogP contribution in [-0.4, -0.2) is 37.1 Å². The molecule has 1 N–H and O–H groups in total. The fraction of sp³-hybridized carbons (Fsp3) is 1.00. The minimum absolute atomic E-state index is 0.678. The number of rotatable bonds is 8. The predicted octanol–water partition coefficient (Wildman–Crippen LogP) is 2.49. The van der Waals surface area contributed by atoms with Gasteiger partial charge < -0.3 is 5.32 Å². The van der Waals surface area contributed by atoms with Gasteiger partial charge in [0.2, 0.25) is 0 Å². The van der Waals surface area contributed by atoms with Gasteiger partial charge in [-0.15, -0.1) is 0 Å². The molecule has 0 aromatic rings. The molecule has 0 aliphatic heterocycles. The van der Waals surface area contributed by atoms with Crippen LogP contribution >= 0.6 is 0 Å². The Morgan fingerprint density at radius 2 is 2.00 bits per heavy atom. The van der Waals surface area contributed by atoms with E-state index >= 15 is 0 Å².